The first kappa shape index (κ1) is 64.2. The van der Waals surface area contributed by atoms with Gasteiger partial charge in [-0.1, -0.05) is 75.6 Å². The number of aromatic nitrogens is 4. The van der Waals surface area contributed by atoms with Gasteiger partial charge in [-0.2, -0.15) is 8.62 Å². The molecule has 454 valence electrons. The Balaban J connectivity index is 0.801. The molecule has 3 aliphatic heterocycles. The number of nitrogens with zero attached hydrogens (tertiary/aromatic N) is 6. The Morgan fingerprint density at radius 1 is 0.905 bits per heavy atom. The van der Waals surface area contributed by atoms with Crippen molar-refractivity contribution >= 4 is 68.2 Å². The predicted octanol–water partition coefficient (Wildman–Crippen LogP) is 8.25. The Morgan fingerprint density at radius 3 is 2.35 bits per heavy atom. The first-order valence-corrected chi connectivity index (χ1v) is 33.5. The summed E-state index contributed by atoms with van der Waals surface area (Å²) in [5, 5.41) is 18.0. The second kappa shape index (κ2) is 27.3. The van der Waals surface area contributed by atoms with Crippen LogP contribution in [0.25, 0.3) is 39.9 Å². The third kappa shape index (κ3) is 16.0. The van der Waals surface area contributed by atoms with Crippen molar-refractivity contribution in [2.45, 2.75) is 121 Å². The van der Waals surface area contributed by atoms with Crippen LogP contribution >= 0.6 is 23.5 Å². The van der Waals surface area contributed by atoms with E-state index in [1.807, 2.05) is 50.3 Å². The van der Waals surface area contributed by atoms with Crippen LogP contribution < -0.4 is 25.5 Å². The van der Waals surface area contributed by atoms with E-state index in [1.165, 1.54) is 29.4 Å². The van der Waals surface area contributed by atoms with Crippen LogP contribution in [-0.2, 0) is 51.9 Å². The van der Waals surface area contributed by atoms with E-state index < -0.39 is 64.0 Å². The van der Waals surface area contributed by atoms with Gasteiger partial charge in [-0.25, -0.2) is 41.6 Å². The lowest BCUT2D eigenvalue weighted by Crippen LogP contribution is -2.29. The lowest BCUT2D eigenvalue weighted by Gasteiger charge is -2.27. The third-order valence-corrected chi connectivity index (χ3v) is 19.4. The van der Waals surface area contributed by atoms with Crippen LogP contribution in [-0.4, -0.2) is 115 Å². The number of fused-ring (bicyclic) bond motifs is 3. The SMILES string of the molecule is CC[N+](CC)=c1ccc2c(/C=C/C=C3/N(CCCCCC(=O)NCCCCCCNc4ncnc5c4ncn5[C@H]4C[C@H](O)[C@@H](COP(=O)(O)OP(=O)(O)OP(=O)(O)O)O4)c4ccc(S(=O)(=O)[O-])cc4C3(C)C)c(C)c(-c3ccccc3)oc-2c1. The lowest BCUT2D eigenvalue weighted by molar-refractivity contribution is -0.121. The molecule has 0 radical (unpaired) electrons. The smallest absolute Gasteiger partial charge is 0.490 e. The number of phosphoric acid groups is 3. The minimum atomic E-state index is -5.72. The zero-order chi connectivity index (χ0) is 60.6. The van der Waals surface area contributed by atoms with E-state index in [-0.39, 0.29) is 17.2 Å². The summed E-state index contributed by atoms with van der Waals surface area (Å²) < 4.78 is 99.8. The molecule has 5 heterocycles. The minimum absolute atomic E-state index is 0.0268. The quantitative estimate of drug-likeness (QED) is 0.0105. The average molecular weight is 1240 g/mol. The largest absolute Gasteiger partial charge is 0.744 e. The van der Waals surface area contributed by atoms with Crippen molar-refractivity contribution in [3.63, 3.8) is 0 Å². The molecule has 84 heavy (non-hydrogen) atoms. The number of rotatable bonds is 28. The van der Waals surface area contributed by atoms with Crippen LogP contribution in [0.15, 0.2) is 107 Å². The summed E-state index contributed by atoms with van der Waals surface area (Å²) in [5.41, 5.74) is 6.53. The molecule has 8 rings (SSSR count). The zero-order valence-corrected chi connectivity index (χ0v) is 50.6. The first-order valence-electron chi connectivity index (χ1n) is 27.6. The van der Waals surface area contributed by atoms with Crippen LogP contribution in [0.2, 0.25) is 0 Å². The number of phosphoric ester groups is 1. The van der Waals surface area contributed by atoms with E-state index in [9.17, 15) is 46.4 Å². The fourth-order valence-electron chi connectivity index (χ4n) is 10.5. The van der Waals surface area contributed by atoms with Crippen molar-refractivity contribution in [2.75, 3.05) is 49.5 Å². The third-order valence-electron chi connectivity index (χ3n) is 14.7. The molecule has 29 heteroatoms. The number of carbonyl (C=O) groups is 1. The fraction of sp³-hybridized carbons (Fsp3) is 0.436. The Morgan fingerprint density at radius 2 is 1.63 bits per heavy atom. The normalized spacial score (nSPS) is 19.1. The van der Waals surface area contributed by atoms with Gasteiger partial charge in [0.15, 0.2) is 17.0 Å². The number of amides is 1. The molecule has 0 saturated carbocycles. The maximum absolute atomic E-state index is 12.9. The summed E-state index contributed by atoms with van der Waals surface area (Å²) in [4.78, 5) is 64.5. The molecule has 2 aromatic heterocycles. The lowest BCUT2D eigenvalue weighted by atomic mass is 9.83. The van der Waals surface area contributed by atoms with Gasteiger partial charge in [0.2, 0.25) is 11.3 Å². The van der Waals surface area contributed by atoms with Crippen molar-refractivity contribution in [3.8, 4) is 22.6 Å². The average Bonchev–Trinajstić information content (AvgIpc) is 1.89. The van der Waals surface area contributed by atoms with Crippen LogP contribution in [0.5, 0.6) is 0 Å². The van der Waals surface area contributed by atoms with Gasteiger partial charge in [-0.05, 0) is 87.9 Å². The molecule has 5 atom stereocenters. The number of ether oxygens (including phenoxy) is 1. The van der Waals surface area contributed by atoms with E-state index in [4.69, 9.17) is 18.9 Å². The molecule has 0 spiro atoms. The molecule has 1 amide bonds. The van der Waals surface area contributed by atoms with Crippen LogP contribution in [0.4, 0.5) is 11.5 Å². The summed E-state index contributed by atoms with van der Waals surface area (Å²) in [7, 11) is -21.4. The van der Waals surface area contributed by atoms with Gasteiger partial charge >= 0.3 is 23.5 Å². The highest BCUT2D eigenvalue weighted by Crippen LogP contribution is 2.66. The van der Waals surface area contributed by atoms with Crippen LogP contribution in [0.1, 0.15) is 108 Å². The summed E-state index contributed by atoms with van der Waals surface area (Å²) >= 11 is 0. The van der Waals surface area contributed by atoms with Gasteiger partial charge in [-0.15, -0.1) is 0 Å². The standard InChI is InChI=1S/C55H71N8O17P3S/c1-6-61(7-2)39-24-26-42-41(37(3)52(78-46(42)31-39)38-19-12-10-13-20-38)21-18-22-48-55(4,5)43-32-40(84(73,74)75)25-27-44(43)62(48)30-17-11-14-23-49(65)56-28-15-8-9-16-29-57-53-51-54(59-35-58-53)63(36-60-51)50-33-45(64)47(77-50)34-76-82(69,70)80-83(71,72)79-81(66,67)68/h10,12-13,18-22,24-27,31-32,35-36,45,47,50,64H,6-9,11,14-17,23,28-30,33-34H2,1-5H3,(H6-,56,57,58,59,65,66,67,68,69,70,71,72,73,74,75)/t45-,47+,50+/m0/s1. The molecule has 7 N–H and O–H groups in total. The van der Waals surface area contributed by atoms with Crippen LogP contribution in [0.3, 0.4) is 0 Å². The monoisotopic (exact) mass is 1240 g/mol. The number of allylic oxidation sites excluding steroid dienone is 3. The van der Waals surface area contributed by atoms with Crippen LogP contribution in [0, 0.1) is 6.92 Å². The number of anilines is 2. The van der Waals surface area contributed by atoms with Gasteiger partial charge in [-0.3, -0.25) is 13.9 Å². The fourth-order valence-corrected chi connectivity index (χ4v) is 14.1. The number of carbonyl (C=O) groups excluding carboxylic acids is 1. The molecule has 0 bridgehead atoms. The number of hydrogen-bond acceptors (Lipinski definition) is 18. The van der Waals surface area contributed by atoms with E-state index in [1.54, 1.807) is 6.07 Å². The van der Waals surface area contributed by atoms with Crippen molar-refractivity contribution < 1.29 is 78.4 Å². The molecule has 2 aromatic carbocycles. The number of hydrogen-bond donors (Lipinski definition) is 7. The van der Waals surface area contributed by atoms with Crippen molar-refractivity contribution in [1.29, 1.82) is 0 Å². The molecular weight excluding hydrogens is 1170 g/mol. The molecule has 1 aliphatic carbocycles. The highest BCUT2D eigenvalue weighted by atomic mass is 32.2. The van der Waals surface area contributed by atoms with E-state index >= 15 is 0 Å². The number of benzene rings is 3. The molecule has 4 aliphatic rings. The Bertz CT molecular complexity index is 3700. The van der Waals surface area contributed by atoms with Gasteiger partial charge in [0.05, 0.1) is 30.0 Å². The predicted molar refractivity (Wildman–Crippen MR) is 312 cm³/mol. The Kier molecular flexibility index (Phi) is 20.9. The summed E-state index contributed by atoms with van der Waals surface area (Å²) in [6.45, 7) is 13.0. The van der Waals surface area contributed by atoms with E-state index in [0.717, 1.165) is 108 Å². The molecule has 25 nitrogen and oxygen atoms in total. The molecule has 4 aromatic rings. The second-order valence-electron chi connectivity index (χ2n) is 20.9. The molecule has 2 unspecified atom stereocenters. The summed E-state index contributed by atoms with van der Waals surface area (Å²) in [5.74, 6) is 1.96. The van der Waals surface area contributed by atoms with E-state index in [0.29, 0.717) is 49.5 Å². The molecular formula is C55H71N8O17P3S. The highest BCUT2D eigenvalue weighted by Gasteiger charge is 2.44. The maximum atomic E-state index is 12.9. The number of unbranched alkanes of at least 4 members (excludes halogenated alkanes) is 5. The number of aliphatic hydroxyl groups is 1. The van der Waals surface area contributed by atoms with Gasteiger partial charge < -0.3 is 53.9 Å². The zero-order valence-electron chi connectivity index (χ0n) is 47.1. The Hall–Kier alpha value is -5.79. The van der Waals surface area contributed by atoms with Crippen molar-refractivity contribution in [1.82, 2.24) is 29.4 Å². The number of imidazole rings is 1. The minimum Gasteiger partial charge on any atom is -0.744 e. The van der Waals surface area contributed by atoms with Crippen molar-refractivity contribution in [3.05, 3.63) is 119 Å². The van der Waals surface area contributed by atoms with Gasteiger partial charge in [0.25, 0.3) is 0 Å². The Labute approximate surface area is 486 Å². The highest BCUT2D eigenvalue weighted by molar-refractivity contribution is 7.85. The number of aliphatic hydroxyl groups excluding tert-OH is 1. The van der Waals surface area contributed by atoms with E-state index in [2.05, 4.69) is 99.3 Å². The number of nitrogens with one attached hydrogen (secondary N) is 2. The topological polar surface area (TPSA) is 351 Å². The molecule has 1 fully saturated rings. The summed E-state index contributed by atoms with van der Waals surface area (Å²) in [6.07, 6.45) is 11.4. The van der Waals surface area contributed by atoms with Crippen molar-refractivity contribution in [2.24, 2.45) is 0 Å². The van der Waals surface area contributed by atoms with Gasteiger partial charge in [0, 0.05) is 72.0 Å². The summed E-state index contributed by atoms with van der Waals surface area (Å²) in [6, 6.07) is 20.9. The molecule has 1 saturated heterocycles. The second-order valence-corrected chi connectivity index (χ2v) is 26.7. The van der Waals surface area contributed by atoms with Gasteiger partial charge in [0.1, 0.15) is 53.4 Å². The maximum Gasteiger partial charge on any atom is 0.490 e. The first-order chi connectivity index (χ1) is 39.8.